The van der Waals surface area contributed by atoms with E-state index in [9.17, 15) is 14.7 Å². The van der Waals surface area contributed by atoms with Gasteiger partial charge in [0.1, 0.15) is 25.1 Å². The maximum Gasteiger partial charge on any atom is 0.496 e. The molecule has 0 radical (unpaired) electrons. The second kappa shape index (κ2) is 5.99. The van der Waals surface area contributed by atoms with Gasteiger partial charge in [-0.25, -0.2) is 14.8 Å². The number of hydrogen-bond acceptors (Lipinski definition) is 2. The third-order valence-electron chi connectivity index (χ3n) is 2.16. The summed E-state index contributed by atoms with van der Waals surface area (Å²) in [5, 5.41) is 11.6. The topological polar surface area (TPSA) is 94.3 Å². The Kier molecular flexibility index (Phi) is 4.63. The van der Waals surface area contributed by atoms with Crippen LogP contribution in [0.25, 0.3) is 0 Å². The van der Waals surface area contributed by atoms with Crippen molar-refractivity contribution < 1.29 is 24.7 Å². The first kappa shape index (κ1) is 12.4. The van der Waals surface area contributed by atoms with Crippen molar-refractivity contribution in [2.45, 2.75) is 32.6 Å². The largest absolute Gasteiger partial charge is 0.496 e. The molecular weight excluding hydrogens is 210 g/mol. The summed E-state index contributed by atoms with van der Waals surface area (Å²) in [6.07, 6.45) is 2.30. The molecule has 1 heterocycles. The van der Waals surface area contributed by atoms with E-state index in [0.717, 1.165) is 12.8 Å². The molecule has 88 valence electrons. The number of nitrogens with one attached hydrogen (secondary N) is 3. The predicted molar refractivity (Wildman–Crippen MR) is 57.1 cm³/mol. The summed E-state index contributed by atoms with van der Waals surface area (Å²) in [5.41, 5.74) is 0.509. The third kappa shape index (κ3) is 4.20. The molecule has 0 aromatic carbocycles. The van der Waals surface area contributed by atoms with Crippen LogP contribution in [0, 0.1) is 0 Å². The minimum Gasteiger partial charge on any atom is -0.463 e. The van der Waals surface area contributed by atoms with Crippen molar-refractivity contribution in [1.82, 2.24) is 5.32 Å². The molecule has 3 amide bonds. The number of aliphatic hydroxyl groups is 1. The van der Waals surface area contributed by atoms with Crippen molar-refractivity contribution >= 4 is 23.5 Å². The molecule has 0 saturated carbocycles. The second-order valence-corrected chi connectivity index (χ2v) is 3.69. The predicted octanol–water partition coefficient (Wildman–Crippen LogP) is -2.62. The molecule has 0 unspecified atom stereocenters. The van der Waals surface area contributed by atoms with Crippen LogP contribution in [0.3, 0.4) is 0 Å². The van der Waals surface area contributed by atoms with Crippen LogP contribution in [0.1, 0.15) is 32.6 Å². The van der Waals surface area contributed by atoms with Gasteiger partial charge < -0.3 is 5.11 Å². The fraction of sp³-hybridized carbons (Fsp3) is 0.600. The maximum absolute atomic E-state index is 11.0. The molecule has 16 heavy (non-hydrogen) atoms. The van der Waals surface area contributed by atoms with E-state index in [-0.39, 0.29) is 24.6 Å². The molecule has 0 atom stereocenters. The molecule has 0 saturated heterocycles. The lowest BCUT2D eigenvalue weighted by Crippen LogP contribution is -2.85. The van der Waals surface area contributed by atoms with E-state index in [1.807, 2.05) is 0 Å². The number of rotatable bonds is 5. The Labute approximate surface area is 93.5 Å². The molecule has 6 nitrogen and oxygen atoms in total. The van der Waals surface area contributed by atoms with Crippen LogP contribution < -0.4 is 15.3 Å². The van der Waals surface area contributed by atoms with E-state index < -0.39 is 6.03 Å². The Hall–Kier alpha value is -1.72. The zero-order valence-electron chi connectivity index (χ0n) is 9.30. The molecular formula is C10H17N3O3+2. The summed E-state index contributed by atoms with van der Waals surface area (Å²) in [5.74, 6) is -0.265. The van der Waals surface area contributed by atoms with Gasteiger partial charge in [0.2, 0.25) is 0 Å². The minimum atomic E-state index is -0.535. The zero-order valence-corrected chi connectivity index (χ0v) is 9.30. The number of carbonyl (C=O) groups excluding carboxylic acids is 2. The number of hydrogen-bond donors (Lipinski definition) is 4. The first-order valence-electron chi connectivity index (χ1n) is 5.36. The molecule has 4 N–H and O–H groups in total. The van der Waals surface area contributed by atoms with Gasteiger partial charge in [-0.15, -0.1) is 0 Å². The average molecular weight is 227 g/mol. The molecule has 1 rings (SSSR count). The van der Waals surface area contributed by atoms with Crippen LogP contribution in [0.15, 0.2) is 0 Å². The monoisotopic (exact) mass is 227 g/mol. The number of amides is 3. The number of carbonyl (C=O) groups is 2. The highest BCUT2D eigenvalue weighted by atomic mass is 16.3. The lowest BCUT2D eigenvalue weighted by atomic mass is 10.1. The van der Waals surface area contributed by atoms with Gasteiger partial charge in [0.25, 0.3) is 0 Å². The number of urea groups is 1. The third-order valence-corrected chi connectivity index (χ3v) is 2.16. The highest BCUT2D eigenvalue weighted by Crippen LogP contribution is 1.89. The minimum absolute atomic E-state index is 0.0819. The molecule has 6 heteroatoms. The molecule has 0 fully saturated rings. The summed E-state index contributed by atoms with van der Waals surface area (Å²) < 4.78 is 0. The van der Waals surface area contributed by atoms with Gasteiger partial charge in [-0.3, -0.25) is 0 Å². The van der Waals surface area contributed by atoms with Crippen LogP contribution >= 0.6 is 0 Å². The molecule has 0 aliphatic carbocycles. The second-order valence-electron chi connectivity index (χ2n) is 3.69. The van der Waals surface area contributed by atoms with Crippen LogP contribution in [-0.4, -0.2) is 35.2 Å². The molecule has 0 bridgehead atoms. The van der Waals surface area contributed by atoms with Crippen molar-refractivity contribution in [2.24, 2.45) is 0 Å². The van der Waals surface area contributed by atoms with Crippen molar-refractivity contribution in [3.8, 4) is 0 Å². The van der Waals surface area contributed by atoms with Gasteiger partial charge in [0.15, 0.2) is 0 Å². The van der Waals surface area contributed by atoms with Gasteiger partial charge >= 0.3 is 17.8 Å². The lowest BCUT2D eigenvalue weighted by molar-refractivity contribution is -0.468. The van der Waals surface area contributed by atoms with E-state index in [0.29, 0.717) is 12.3 Å². The molecule has 1 aliphatic rings. The first-order valence-corrected chi connectivity index (χ1v) is 5.36. The SMILES string of the molecule is CCCC[NH+]=C(O)CC1=[NH+]C(=O)NC(=O)C1. The van der Waals surface area contributed by atoms with E-state index in [1.54, 1.807) is 0 Å². The first-order chi connectivity index (χ1) is 7.61. The van der Waals surface area contributed by atoms with Crippen molar-refractivity contribution in [1.29, 1.82) is 0 Å². The summed E-state index contributed by atoms with van der Waals surface area (Å²) in [6, 6.07) is -0.535. The summed E-state index contributed by atoms with van der Waals surface area (Å²) >= 11 is 0. The fourth-order valence-corrected chi connectivity index (χ4v) is 1.38. The average Bonchev–Trinajstić information content (AvgIpc) is 2.16. The standard InChI is InChI=1S/C10H15N3O3/c1-2-3-4-11-8(14)5-7-6-9(15)13-10(16)12-7/h2-6H2,1H3,(H,11,14)(H,13,15,16)/p+2. The Bertz CT molecular complexity index is 347. The smallest absolute Gasteiger partial charge is 0.463 e. The fourth-order valence-electron chi connectivity index (χ4n) is 1.38. The van der Waals surface area contributed by atoms with E-state index in [4.69, 9.17) is 0 Å². The van der Waals surface area contributed by atoms with E-state index in [2.05, 4.69) is 22.2 Å². The summed E-state index contributed by atoms with van der Waals surface area (Å²) in [6.45, 7) is 2.74. The van der Waals surface area contributed by atoms with Crippen LogP contribution in [-0.2, 0) is 4.79 Å². The summed E-state index contributed by atoms with van der Waals surface area (Å²) in [7, 11) is 0. The molecule has 0 aromatic heterocycles. The van der Waals surface area contributed by atoms with E-state index >= 15 is 0 Å². The number of imide groups is 1. The van der Waals surface area contributed by atoms with Crippen LogP contribution in [0.4, 0.5) is 4.79 Å². The lowest BCUT2D eigenvalue weighted by Gasteiger charge is -2.02. The molecule has 1 aliphatic heterocycles. The quantitative estimate of drug-likeness (QED) is 0.235. The molecule has 0 spiro atoms. The van der Waals surface area contributed by atoms with Gasteiger partial charge in [-0.2, -0.15) is 10.1 Å². The Morgan fingerprint density at radius 2 is 2.31 bits per heavy atom. The van der Waals surface area contributed by atoms with Crippen molar-refractivity contribution in [2.75, 3.05) is 6.54 Å². The summed E-state index contributed by atoms with van der Waals surface area (Å²) in [4.78, 5) is 27.3. The van der Waals surface area contributed by atoms with Gasteiger partial charge in [0.05, 0.1) is 0 Å². The van der Waals surface area contributed by atoms with Crippen molar-refractivity contribution in [3.05, 3.63) is 0 Å². The number of aliphatic hydroxyl groups excluding tert-OH is 1. The van der Waals surface area contributed by atoms with Gasteiger partial charge in [-0.1, -0.05) is 13.3 Å². The normalized spacial score (nSPS) is 17.1. The van der Waals surface area contributed by atoms with Gasteiger partial charge in [-0.05, 0) is 0 Å². The maximum atomic E-state index is 11.0. The number of unbranched alkanes of at least 4 members (excludes halogenated alkanes) is 1. The van der Waals surface area contributed by atoms with Crippen LogP contribution in [0.5, 0.6) is 0 Å². The highest BCUT2D eigenvalue weighted by molar-refractivity contribution is 6.11. The molecule has 0 aromatic rings. The Balaban J connectivity index is 2.50. The van der Waals surface area contributed by atoms with E-state index in [1.165, 1.54) is 0 Å². The Morgan fingerprint density at radius 1 is 1.56 bits per heavy atom. The Morgan fingerprint density at radius 3 is 2.94 bits per heavy atom. The van der Waals surface area contributed by atoms with Gasteiger partial charge in [0, 0.05) is 6.42 Å². The van der Waals surface area contributed by atoms with Crippen LogP contribution in [0.2, 0.25) is 0 Å². The zero-order chi connectivity index (χ0) is 12.0. The van der Waals surface area contributed by atoms with Crippen molar-refractivity contribution in [3.63, 3.8) is 0 Å². The highest BCUT2D eigenvalue weighted by Gasteiger charge is 2.26.